The topological polar surface area (TPSA) is 55.4 Å². The Morgan fingerprint density at radius 3 is 2.62 bits per heavy atom. The molecule has 1 fully saturated rings. The highest BCUT2D eigenvalue weighted by Gasteiger charge is 2.40. The smallest absolute Gasteiger partial charge is 0.241 e. The lowest BCUT2D eigenvalue weighted by molar-refractivity contribution is 0.0957. The van der Waals surface area contributed by atoms with E-state index in [0.29, 0.717) is 17.9 Å². The average molecular weight is 305 g/mol. The highest BCUT2D eigenvalue weighted by Crippen LogP contribution is 2.29. The summed E-state index contributed by atoms with van der Waals surface area (Å²) in [4.78, 5) is 0.320. The first-order valence-corrected chi connectivity index (χ1v) is 8.54. The van der Waals surface area contributed by atoms with Gasteiger partial charge in [-0.05, 0) is 31.7 Å². The first kappa shape index (κ1) is 14.5. The SMILES string of the molecule is CC1OCCC1(C)NS(=O)(=O)c1cccc2ccccc12. The van der Waals surface area contributed by atoms with Gasteiger partial charge < -0.3 is 4.74 Å². The zero-order valence-electron chi connectivity index (χ0n) is 12.2. The van der Waals surface area contributed by atoms with Crippen LogP contribution >= 0.6 is 0 Å². The van der Waals surface area contributed by atoms with Gasteiger partial charge in [0.05, 0.1) is 16.5 Å². The molecule has 2 aromatic rings. The van der Waals surface area contributed by atoms with E-state index in [9.17, 15) is 8.42 Å². The van der Waals surface area contributed by atoms with E-state index >= 15 is 0 Å². The second-order valence-electron chi connectivity index (χ2n) is 5.76. The zero-order chi connectivity index (χ0) is 15.1. The number of rotatable bonds is 3. The summed E-state index contributed by atoms with van der Waals surface area (Å²) in [6.07, 6.45) is 0.542. The van der Waals surface area contributed by atoms with E-state index in [1.807, 2.05) is 44.2 Å². The molecule has 1 heterocycles. The fraction of sp³-hybridized carbons (Fsp3) is 0.375. The lowest BCUT2D eigenvalue weighted by atomic mass is 9.97. The fourth-order valence-corrected chi connectivity index (χ4v) is 4.49. The Labute approximate surface area is 125 Å². The summed E-state index contributed by atoms with van der Waals surface area (Å²) in [5.41, 5.74) is -0.560. The molecule has 1 N–H and O–H groups in total. The van der Waals surface area contributed by atoms with Gasteiger partial charge in [-0.2, -0.15) is 0 Å². The molecule has 2 unspecified atom stereocenters. The first-order valence-electron chi connectivity index (χ1n) is 7.06. The van der Waals surface area contributed by atoms with E-state index in [4.69, 9.17) is 4.74 Å². The van der Waals surface area contributed by atoms with Gasteiger partial charge in [0.1, 0.15) is 0 Å². The predicted molar refractivity (Wildman–Crippen MR) is 82.7 cm³/mol. The van der Waals surface area contributed by atoms with Crippen molar-refractivity contribution in [2.45, 2.75) is 36.8 Å². The summed E-state index contributed by atoms with van der Waals surface area (Å²) < 4.78 is 33.9. The number of nitrogens with one attached hydrogen (secondary N) is 1. The van der Waals surface area contributed by atoms with Crippen LogP contribution in [0.25, 0.3) is 10.8 Å². The third kappa shape index (κ3) is 2.57. The number of sulfonamides is 1. The maximum atomic E-state index is 12.8. The van der Waals surface area contributed by atoms with E-state index in [0.717, 1.165) is 10.8 Å². The number of hydrogen-bond acceptors (Lipinski definition) is 3. The summed E-state index contributed by atoms with van der Waals surface area (Å²) in [5.74, 6) is 0. The van der Waals surface area contributed by atoms with Crippen LogP contribution in [0.5, 0.6) is 0 Å². The van der Waals surface area contributed by atoms with Crippen LogP contribution in [0.2, 0.25) is 0 Å². The Morgan fingerprint density at radius 2 is 1.90 bits per heavy atom. The summed E-state index contributed by atoms with van der Waals surface area (Å²) >= 11 is 0. The Morgan fingerprint density at radius 1 is 1.19 bits per heavy atom. The van der Waals surface area contributed by atoms with Crippen molar-refractivity contribution in [2.24, 2.45) is 0 Å². The number of benzene rings is 2. The Kier molecular flexibility index (Phi) is 3.51. The van der Waals surface area contributed by atoms with Crippen molar-refractivity contribution in [2.75, 3.05) is 6.61 Å². The lowest BCUT2D eigenvalue weighted by Crippen LogP contribution is -2.50. The van der Waals surface area contributed by atoms with E-state index in [-0.39, 0.29) is 6.10 Å². The minimum Gasteiger partial charge on any atom is -0.376 e. The number of fused-ring (bicyclic) bond motifs is 1. The third-order valence-electron chi connectivity index (χ3n) is 4.29. The van der Waals surface area contributed by atoms with E-state index < -0.39 is 15.6 Å². The highest BCUT2D eigenvalue weighted by atomic mass is 32.2. The fourth-order valence-electron chi connectivity index (χ4n) is 2.76. The summed E-state index contributed by atoms with van der Waals surface area (Å²) in [6.45, 7) is 4.38. The van der Waals surface area contributed by atoms with Gasteiger partial charge in [-0.3, -0.25) is 0 Å². The van der Waals surface area contributed by atoms with Crippen molar-refractivity contribution in [1.82, 2.24) is 4.72 Å². The van der Waals surface area contributed by atoms with Crippen LogP contribution in [0.4, 0.5) is 0 Å². The van der Waals surface area contributed by atoms with Gasteiger partial charge in [-0.25, -0.2) is 13.1 Å². The standard InChI is InChI=1S/C16H19NO3S/c1-12-16(2,10-11-20-12)17-21(18,19)15-9-5-7-13-6-3-4-8-14(13)15/h3-9,12,17H,10-11H2,1-2H3. The predicted octanol–water partition coefficient (Wildman–Crippen LogP) is 2.69. The molecule has 1 aliphatic rings. The minimum absolute atomic E-state index is 0.137. The molecule has 0 aromatic heterocycles. The highest BCUT2D eigenvalue weighted by molar-refractivity contribution is 7.89. The van der Waals surface area contributed by atoms with Crippen molar-refractivity contribution in [1.29, 1.82) is 0 Å². The molecule has 0 bridgehead atoms. The third-order valence-corrected chi connectivity index (χ3v) is 5.96. The molecular weight excluding hydrogens is 286 g/mol. The molecule has 4 nitrogen and oxygen atoms in total. The maximum Gasteiger partial charge on any atom is 0.241 e. The van der Waals surface area contributed by atoms with Crippen LogP contribution < -0.4 is 4.72 Å². The van der Waals surface area contributed by atoms with E-state index in [1.54, 1.807) is 12.1 Å². The summed E-state index contributed by atoms with van der Waals surface area (Å²) in [6, 6.07) is 12.8. The number of hydrogen-bond donors (Lipinski definition) is 1. The molecule has 3 rings (SSSR count). The Balaban J connectivity index is 2.05. The summed E-state index contributed by atoms with van der Waals surface area (Å²) in [7, 11) is -3.59. The molecule has 5 heteroatoms. The molecule has 2 atom stereocenters. The molecule has 0 radical (unpaired) electrons. The normalized spacial score (nSPS) is 26.3. The van der Waals surface area contributed by atoms with Crippen molar-refractivity contribution >= 4 is 20.8 Å². The van der Waals surface area contributed by atoms with Gasteiger partial charge in [-0.15, -0.1) is 0 Å². The van der Waals surface area contributed by atoms with Crippen molar-refractivity contribution < 1.29 is 13.2 Å². The van der Waals surface area contributed by atoms with Crippen molar-refractivity contribution in [3.05, 3.63) is 42.5 Å². The van der Waals surface area contributed by atoms with Gasteiger partial charge in [0.15, 0.2) is 0 Å². The molecule has 0 saturated carbocycles. The van der Waals surface area contributed by atoms with Gasteiger partial charge in [-0.1, -0.05) is 36.4 Å². The molecule has 0 amide bonds. The second kappa shape index (κ2) is 5.09. The molecule has 1 aliphatic heterocycles. The average Bonchev–Trinajstić information content (AvgIpc) is 2.77. The molecule has 1 saturated heterocycles. The Bertz CT molecular complexity index is 767. The van der Waals surface area contributed by atoms with Crippen LogP contribution in [0.3, 0.4) is 0 Å². The molecule has 21 heavy (non-hydrogen) atoms. The summed E-state index contributed by atoms with van der Waals surface area (Å²) in [5, 5.41) is 1.66. The van der Waals surface area contributed by atoms with Crippen molar-refractivity contribution in [3.8, 4) is 0 Å². The second-order valence-corrected chi connectivity index (χ2v) is 7.41. The van der Waals surface area contributed by atoms with Crippen LogP contribution in [0.1, 0.15) is 20.3 Å². The molecule has 0 spiro atoms. The van der Waals surface area contributed by atoms with E-state index in [1.165, 1.54) is 0 Å². The monoisotopic (exact) mass is 305 g/mol. The van der Waals surface area contributed by atoms with Crippen LogP contribution in [-0.2, 0) is 14.8 Å². The van der Waals surface area contributed by atoms with E-state index in [2.05, 4.69) is 4.72 Å². The van der Waals surface area contributed by atoms with Gasteiger partial charge >= 0.3 is 0 Å². The van der Waals surface area contributed by atoms with Crippen LogP contribution in [-0.4, -0.2) is 26.7 Å². The first-order chi connectivity index (χ1) is 9.92. The quantitative estimate of drug-likeness (QED) is 0.948. The van der Waals surface area contributed by atoms with Gasteiger partial charge in [0.2, 0.25) is 10.0 Å². The molecule has 2 aromatic carbocycles. The number of ether oxygens (including phenoxy) is 1. The van der Waals surface area contributed by atoms with Crippen molar-refractivity contribution in [3.63, 3.8) is 0 Å². The van der Waals surface area contributed by atoms with Crippen LogP contribution in [0.15, 0.2) is 47.4 Å². The minimum atomic E-state index is -3.59. The maximum absolute atomic E-state index is 12.8. The van der Waals surface area contributed by atoms with Gasteiger partial charge in [0, 0.05) is 12.0 Å². The van der Waals surface area contributed by atoms with Crippen LogP contribution in [0, 0.1) is 0 Å². The molecular formula is C16H19NO3S. The zero-order valence-corrected chi connectivity index (χ0v) is 13.0. The molecule has 0 aliphatic carbocycles. The largest absolute Gasteiger partial charge is 0.376 e. The lowest BCUT2D eigenvalue weighted by Gasteiger charge is -2.28. The Hall–Kier alpha value is -1.43. The van der Waals surface area contributed by atoms with Gasteiger partial charge in [0.25, 0.3) is 0 Å². The molecule has 112 valence electrons.